The number of aromatic nitrogens is 2. The first-order chi connectivity index (χ1) is 12.4. The van der Waals surface area contributed by atoms with E-state index in [9.17, 15) is 14.7 Å². The normalized spacial score (nSPS) is 24.7. The van der Waals surface area contributed by atoms with Crippen LogP contribution in [-0.4, -0.2) is 44.8 Å². The van der Waals surface area contributed by atoms with Crippen molar-refractivity contribution >= 4 is 23.5 Å². The predicted molar refractivity (Wildman–Crippen MR) is 97.0 cm³/mol. The number of aryl methyl sites for hydroxylation is 1. The molecule has 136 valence electrons. The second-order valence-corrected chi connectivity index (χ2v) is 7.69. The standard InChI is InChI=1S/C19H20ClN3O3/c1-22-10-14(16(21-22)13-6-2-3-7-15(13)20)17(24)23-9-12-5-4-8-19(12,11-23)18(25)26/h2-3,6-7,10,12H,4-5,8-9,11H2,1H3,(H,25,26)/t12-,19+/m0/s1. The maximum absolute atomic E-state index is 13.2. The number of aliphatic carboxylic acids is 1. The van der Waals surface area contributed by atoms with Crippen molar-refractivity contribution in [1.29, 1.82) is 0 Å². The van der Waals surface area contributed by atoms with Gasteiger partial charge in [-0.25, -0.2) is 0 Å². The topological polar surface area (TPSA) is 75.4 Å². The van der Waals surface area contributed by atoms with E-state index in [2.05, 4.69) is 5.10 Å². The van der Waals surface area contributed by atoms with Crippen LogP contribution >= 0.6 is 11.6 Å². The predicted octanol–water partition coefficient (Wildman–Crippen LogP) is 3.07. The minimum absolute atomic E-state index is 0.0318. The van der Waals surface area contributed by atoms with Gasteiger partial charge in [-0.05, 0) is 24.8 Å². The summed E-state index contributed by atoms with van der Waals surface area (Å²) in [7, 11) is 1.76. The molecule has 1 aromatic heterocycles. The summed E-state index contributed by atoms with van der Waals surface area (Å²) in [5, 5.41) is 14.7. The average molecular weight is 374 g/mol. The Morgan fingerprint density at radius 2 is 2.12 bits per heavy atom. The molecule has 0 unspecified atom stereocenters. The lowest BCUT2D eigenvalue weighted by Crippen LogP contribution is -2.37. The third-order valence-electron chi connectivity index (χ3n) is 5.77. The number of hydrogen-bond donors (Lipinski definition) is 1. The van der Waals surface area contributed by atoms with Gasteiger partial charge in [0.1, 0.15) is 5.69 Å². The van der Waals surface area contributed by atoms with E-state index in [0.29, 0.717) is 34.8 Å². The molecule has 2 aromatic rings. The van der Waals surface area contributed by atoms with Crippen LogP contribution in [0.5, 0.6) is 0 Å². The maximum atomic E-state index is 13.2. The van der Waals surface area contributed by atoms with E-state index in [0.717, 1.165) is 12.8 Å². The van der Waals surface area contributed by atoms with Crippen LogP contribution in [-0.2, 0) is 11.8 Å². The van der Waals surface area contributed by atoms with Gasteiger partial charge in [-0.2, -0.15) is 5.10 Å². The summed E-state index contributed by atoms with van der Waals surface area (Å²) in [4.78, 5) is 26.7. The van der Waals surface area contributed by atoms with E-state index in [1.165, 1.54) is 0 Å². The molecule has 1 aliphatic carbocycles. The van der Waals surface area contributed by atoms with Crippen molar-refractivity contribution in [3.8, 4) is 11.3 Å². The highest BCUT2D eigenvalue weighted by molar-refractivity contribution is 6.33. The fourth-order valence-corrected chi connectivity index (χ4v) is 4.69. The number of carboxylic acid groups (broad SMARTS) is 1. The molecule has 1 N–H and O–H groups in total. The Labute approximate surface area is 156 Å². The summed E-state index contributed by atoms with van der Waals surface area (Å²) in [5.41, 5.74) is 0.902. The van der Waals surface area contributed by atoms with Gasteiger partial charge < -0.3 is 10.0 Å². The van der Waals surface area contributed by atoms with Crippen molar-refractivity contribution in [2.75, 3.05) is 13.1 Å². The smallest absolute Gasteiger partial charge is 0.311 e. The van der Waals surface area contributed by atoms with Crippen LogP contribution in [0.1, 0.15) is 29.6 Å². The number of nitrogens with zero attached hydrogens (tertiary/aromatic N) is 3. The summed E-state index contributed by atoms with van der Waals surface area (Å²) in [6, 6.07) is 7.27. The first-order valence-electron chi connectivity index (χ1n) is 8.73. The highest BCUT2D eigenvalue weighted by Crippen LogP contribution is 2.49. The van der Waals surface area contributed by atoms with Gasteiger partial charge in [-0.15, -0.1) is 0 Å². The molecule has 1 aliphatic heterocycles. The Kier molecular flexibility index (Phi) is 4.03. The van der Waals surface area contributed by atoms with Gasteiger partial charge in [0.25, 0.3) is 5.91 Å². The number of carbonyl (C=O) groups is 2. The van der Waals surface area contributed by atoms with Gasteiger partial charge in [0.05, 0.1) is 16.0 Å². The van der Waals surface area contributed by atoms with Crippen molar-refractivity contribution in [2.24, 2.45) is 18.4 Å². The van der Waals surface area contributed by atoms with Crippen molar-refractivity contribution in [1.82, 2.24) is 14.7 Å². The second kappa shape index (κ2) is 6.13. The van der Waals surface area contributed by atoms with Crippen LogP contribution in [0.4, 0.5) is 0 Å². The van der Waals surface area contributed by atoms with E-state index in [1.54, 1.807) is 28.9 Å². The molecule has 2 fully saturated rings. The van der Waals surface area contributed by atoms with E-state index in [-0.39, 0.29) is 18.4 Å². The van der Waals surface area contributed by atoms with Crippen molar-refractivity contribution in [3.63, 3.8) is 0 Å². The van der Waals surface area contributed by atoms with E-state index in [1.807, 2.05) is 18.2 Å². The van der Waals surface area contributed by atoms with Crippen LogP contribution < -0.4 is 0 Å². The number of rotatable bonds is 3. The fourth-order valence-electron chi connectivity index (χ4n) is 4.46. The average Bonchev–Trinajstić information content (AvgIpc) is 3.26. The number of carbonyl (C=O) groups excluding carboxylic acids is 1. The third kappa shape index (κ3) is 2.51. The molecule has 26 heavy (non-hydrogen) atoms. The van der Waals surface area contributed by atoms with Gasteiger partial charge in [-0.1, -0.05) is 36.2 Å². The first-order valence-corrected chi connectivity index (χ1v) is 9.11. The highest BCUT2D eigenvalue weighted by Gasteiger charge is 2.56. The molecular formula is C19H20ClN3O3. The molecule has 2 heterocycles. The molecule has 2 aliphatic rings. The molecular weight excluding hydrogens is 354 g/mol. The van der Waals surface area contributed by atoms with Gasteiger partial charge in [0, 0.05) is 31.9 Å². The zero-order valence-corrected chi connectivity index (χ0v) is 15.2. The second-order valence-electron chi connectivity index (χ2n) is 7.28. The van der Waals surface area contributed by atoms with Crippen LogP contribution in [0.3, 0.4) is 0 Å². The molecule has 1 amide bonds. The number of likely N-dealkylation sites (tertiary alicyclic amines) is 1. The molecule has 4 rings (SSSR count). The number of benzene rings is 1. The highest BCUT2D eigenvalue weighted by atomic mass is 35.5. The first kappa shape index (κ1) is 17.1. The van der Waals surface area contributed by atoms with Crippen molar-refractivity contribution in [3.05, 3.63) is 41.0 Å². The Bertz CT molecular complexity index is 894. The number of carboxylic acids is 1. The summed E-state index contributed by atoms with van der Waals surface area (Å²) < 4.78 is 1.59. The number of amides is 1. The zero-order chi connectivity index (χ0) is 18.5. The molecule has 0 bridgehead atoms. The molecule has 2 atom stereocenters. The van der Waals surface area contributed by atoms with E-state index >= 15 is 0 Å². The quantitative estimate of drug-likeness (QED) is 0.897. The minimum atomic E-state index is -0.789. The molecule has 1 saturated carbocycles. The number of fused-ring (bicyclic) bond motifs is 1. The SMILES string of the molecule is Cn1cc(C(=O)N2C[C@@H]3CCC[C@@]3(C(=O)O)C2)c(-c2ccccc2Cl)n1. The van der Waals surface area contributed by atoms with Crippen LogP contribution in [0.25, 0.3) is 11.3 Å². The maximum Gasteiger partial charge on any atom is 0.311 e. The summed E-state index contributed by atoms with van der Waals surface area (Å²) in [6.45, 7) is 0.755. The minimum Gasteiger partial charge on any atom is -0.481 e. The van der Waals surface area contributed by atoms with E-state index < -0.39 is 11.4 Å². The summed E-state index contributed by atoms with van der Waals surface area (Å²) in [5.74, 6) is -0.930. The van der Waals surface area contributed by atoms with Gasteiger partial charge in [0.15, 0.2) is 0 Å². The Morgan fingerprint density at radius 1 is 1.35 bits per heavy atom. The lowest BCUT2D eigenvalue weighted by atomic mass is 9.81. The van der Waals surface area contributed by atoms with Gasteiger partial charge >= 0.3 is 5.97 Å². The number of halogens is 1. The zero-order valence-electron chi connectivity index (χ0n) is 14.5. The molecule has 1 saturated heterocycles. The molecule has 6 nitrogen and oxygen atoms in total. The Hall–Kier alpha value is -2.34. The summed E-state index contributed by atoms with van der Waals surface area (Å²) in [6.07, 6.45) is 4.10. The van der Waals surface area contributed by atoms with Crippen LogP contribution in [0.2, 0.25) is 5.02 Å². The van der Waals surface area contributed by atoms with Crippen molar-refractivity contribution in [2.45, 2.75) is 19.3 Å². The van der Waals surface area contributed by atoms with Crippen molar-refractivity contribution < 1.29 is 14.7 Å². The molecule has 1 aromatic carbocycles. The number of hydrogen-bond acceptors (Lipinski definition) is 3. The van der Waals surface area contributed by atoms with Crippen LogP contribution in [0, 0.1) is 11.3 Å². The Morgan fingerprint density at radius 3 is 2.81 bits per heavy atom. The lowest BCUT2D eigenvalue weighted by molar-refractivity contribution is -0.149. The van der Waals surface area contributed by atoms with E-state index in [4.69, 9.17) is 11.6 Å². The Balaban J connectivity index is 1.69. The molecule has 7 heteroatoms. The summed E-state index contributed by atoms with van der Waals surface area (Å²) >= 11 is 6.29. The molecule has 0 spiro atoms. The van der Waals surface area contributed by atoms with Gasteiger partial charge in [0.2, 0.25) is 0 Å². The van der Waals surface area contributed by atoms with Gasteiger partial charge in [-0.3, -0.25) is 14.3 Å². The van der Waals surface area contributed by atoms with Crippen LogP contribution in [0.15, 0.2) is 30.5 Å². The molecule has 0 radical (unpaired) electrons. The lowest BCUT2D eigenvalue weighted by Gasteiger charge is -2.23. The monoisotopic (exact) mass is 373 g/mol. The third-order valence-corrected chi connectivity index (χ3v) is 6.10. The fraction of sp³-hybridized carbons (Fsp3) is 0.421. The largest absolute Gasteiger partial charge is 0.481 e.